The van der Waals surface area contributed by atoms with Crippen molar-refractivity contribution in [2.75, 3.05) is 13.2 Å². The first-order valence-corrected chi connectivity index (χ1v) is 10.1. The normalized spacial score (nSPS) is 11.2. The third kappa shape index (κ3) is 5.41. The summed E-state index contributed by atoms with van der Waals surface area (Å²) in [6.07, 6.45) is 5.64. The second-order valence-electron chi connectivity index (χ2n) is 5.72. The lowest BCUT2D eigenvalue weighted by Crippen LogP contribution is -2.02. The summed E-state index contributed by atoms with van der Waals surface area (Å²) >= 11 is 8.85. The Kier molecular flexibility index (Phi) is 8.31. The van der Waals surface area contributed by atoms with Crippen molar-refractivity contribution in [3.63, 3.8) is 0 Å². The van der Waals surface area contributed by atoms with Gasteiger partial charge in [-0.2, -0.15) is 14.9 Å². The zero-order chi connectivity index (χ0) is 18.9. The lowest BCUT2D eigenvalue weighted by molar-refractivity contribution is 0.275. The molecule has 0 bridgehead atoms. The minimum Gasteiger partial charge on any atom is -0.490 e. The summed E-state index contributed by atoms with van der Waals surface area (Å²) in [5.74, 6) is 2.24. The van der Waals surface area contributed by atoms with Crippen molar-refractivity contribution in [1.29, 1.82) is 0 Å². The number of benzene rings is 1. The predicted molar refractivity (Wildman–Crippen MR) is 110 cm³/mol. The van der Waals surface area contributed by atoms with E-state index in [1.807, 2.05) is 19.1 Å². The van der Waals surface area contributed by atoms with E-state index in [0.717, 1.165) is 47.3 Å². The van der Waals surface area contributed by atoms with Crippen LogP contribution in [0.5, 0.6) is 11.5 Å². The average molecular weight is 441 g/mol. The van der Waals surface area contributed by atoms with Crippen LogP contribution in [0.4, 0.5) is 0 Å². The second-order valence-corrected chi connectivity index (χ2v) is 6.96. The number of nitrogens with zero attached hydrogens (tertiary/aromatic N) is 3. The molecular weight excluding hydrogens is 416 g/mol. The van der Waals surface area contributed by atoms with Crippen LogP contribution >= 0.6 is 28.1 Å². The number of nitrogens with one attached hydrogen (secondary N) is 1. The fourth-order valence-corrected chi connectivity index (χ4v) is 3.11. The van der Waals surface area contributed by atoms with Crippen molar-refractivity contribution in [2.24, 2.45) is 5.10 Å². The van der Waals surface area contributed by atoms with Gasteiger partial charge in [-0.15, -0.1) is 0 Å². The molecule has 6 nitrogen and oxygen atoms in total. The highest BCUT2D eigenvalue weighted by Crippen LogP contribution is 2.36. The molecule has 2 rings (SSSR count). The first-order chi connectivity index (χ1) is 12.6. The lowest BCUT2D eigenvalue weighted by Gasteiger charge is -2.14. The van der Waals surface area contributed by atoms with Crippen LogP contribution in [0.25, 0.3) is 0 Å². The van der Waals surface area contributed by atoms with E-state index in [1.54, 1.807) is 10.9 Å². The molecule has 26 heavy (non-hydrogen) atoms. The van der Waals surface area contributed by atoms with Gasteiger partial charge in [0.25, 0.3) is 0 Å². The van der Waals surface area contributed by atoms with E-state index in [1.165, 1.54) is 0 Å². The van der Waals surface area contributed by atoms with Gasteiger partial charge in [0.15, 0.2) is 17.3 Å². The number of aromatic amines is 1. The van der Waals surface area contributed by atoms with Gasteiger partial charge in [0.05, 0.1) is 23.9 Å². The van der Waals surface area contributed by atoms with E-state index in [-0.39, 0.29) is 0 Å². The number of ether oxygens (including phenoxy) is 2. The highest BCUT2D eigenvalue weighted by atomic mass is 79.9. The Balaban J connectivity index is 2.30. The van der Waals surface area contributed by atoms with Crippen molar-refractivity contribution in [2.45, 2.75) is 46.5 Å². The molecule has 0 fully saturated rings. The molecule has 0 aliphatic heterocycles. The lowest BCUT2D eigenvalue weighted by atomic mass is 10.2. The molecule has 0 aliphatic carbocycles. The van der Waals surface area contributed by atoms with Crippen LogP contribution < -0.4 is 9.47 Å². The van der Waals surface area contributed by atoms with Crippen molar-refractivity contribution in [3.05, 3.63) is 32.8 Å². The van der Waals surface area contributed by atoms with Gasteiger partial charge in [-0.1, -0.05) is 20.3 Å². The van der Waals surface area contributed by atoms with Gasteiger partial charge < -0.3 is 9.47 Å². The van der Waals surface area contributed by atoms with Crippen LogP contribution in [-0.4, -0.2) is 34.3 Å². The maximum absolute atomic E-state index is 5.80. The Hall–Kier alpha value is -1.67. The fourth-order valence-electron chi connectivity index (χ4n) is 2.33. The van der Waals surface area contributed by atoms with Crippen LogP contribution in [0.3, 0.4) is 0 Å². The molecule has 1 heterocycles. The first-order valence-electron chi connectivity index (χ1n) is 8.90. The van der Waals surface area contributed by atoms with Crippen LogP contribution in [0.2, 0.25) is 0 Å². The van der Waals surface area contributed by atoms with Gasteiger partial charge >= 0.3 is 0 Å². The van der Waals surface area contributed by atoms with E-state index in [2.05, 4.69) is 45.1 Å². The maximum atomic E-state index is 5.80. The van der Waals surface area contributed by atoms with Gasteiger partial charge in [0.2, 0.25) is 4.77 Å². The molecule has 0 saturated carbocycles. The summed E-state index contributed by atoms with van der Waals surface area (Å²) in [5.41, 5.74) is 0.883. The minimum absolute atomic E-state index is 0.486. The molecule has 0 unspecified atom stereocenters. The zero-order valence-electron chi connectivity index (χ0n) is 15.4. The molecule has 0 aliphatic rings. The SMILES string of the molecule is CCCCc1n[nH]c(=S)n1/N=C\c1cc(Br)c(OCCC)c(OCC)c1. The monoisotopic (exact) mass is 440 g/mol. The van der Waals surface area contributed by atoms with Gasteiger partial charge in [-0.3, -0.25) is 5.10 Å². The number of hydrogen-bond donors (Lipinski definition) is 1. The van der Waals surface area contributed by atoms with Gasteiger partial charge in [0.1, 0.15) is 0 Å². The summed E-state index contributed by atoms with van der Waals surface area (Å²) in [7, 11) is 0. The van der Waals surface area contributed by atoms with Crippen molar-refractivity contribution >= 4 is 34.4 Å². The largest absolute Gasteiger partial charge is 0.490 e. The topological polar surface area (TPSA) is 64.4 Å². The highest BCUT2D eigenvalue weighted by Gasteiger charge is 2.12. The smallest absolute Gasteiger partial charge is 0.216 e. The van der Waals surface area contributed by atoms with Crippen molar-refractivity contribution < 1.29 is 9.47 Å². The molecule has 0 radical (unpaired) electrons. The van der Waals surface area contributed by atoms with E-state index >= 15 is 0 Å². The Morgan fingerprint density at radius 3 is 2.77 bits per heavy atom. The van der Waals surface area contributed by atoms with Crippen molar-refractivity contribution in [3.8, 4) is 11.5 Å². The Morgan fingerprint density at radius 2 is 2.08 bits per heavy atom. The third-order valence-electron chi connectivity index (χ3n) is 3.58. The van der Waals surface area contributed by atoms with Crippen LogP contribution in [-0.2, 0) is 6.42 Å². The Labute approximate surface area is 167 Å². The molecule has 1 aromatic carbocycles. The molecule has 1 N–H and O–H groups in total. The summed E-state index contributed by atoms with van der Waals surface area (Å²) in [5, 5.41) is 11.6. The van der Waals surface area contributed by atoms with Crippen LogP contribution in [0, 0.1) is 4.77 Å². The first kappa shape index (κ1) is 20.6. The number of rotatable bonds is 10. The molecule has 0 spiro atoms. The fraction of sp³-hybridized carbons (Fsp3) is 0.500. The quantitative estimate of drug-likeness (QED) is 0.411. The molecule has 0 saturated heterocycles. The summed E-state index contributed by atoms with van der Waals surface area (Å²) in [4.78, 5) is 0. The molecule has 8 heteroatoms. The van der Waals surface area contributed by atoms with E-state index in [4.69, 9.17) is 21.7 Å². The van der Waals surface area contributed by atoms with Crippen LogP contribution in [0.1, 0.15) is 51.4 Å². The van der Waals surface area contributed by atoms with Gasteiger partial charge in [-0.05, 0) is 65.6 Å². The summed E-state index contributed by atoms with van der Waals surface area (Å²) in [6.45, 7) is 7.35. The van der Waals surface area contributed by atoms with E-state index in [0.29, 0.717) is 23.7 Å². The summed E-state index contributed by atoms with van der Waals surface area (Å²) in [6, 6.07) is 3.87. The highest BCUT2D eigenvalue weighted by molar-refractivity contribution is 9.10. The van der Waals surface area contributed by atoms with Crippen LogP contribution in [0.15, 0.2) is 21.7 Å². The van der Waals surface area contributed by atoms with Gasteiger partial charge in [-0.25, -0.2) is 0 Å². The van der Waals surface area contributed by atoms with E-state index in [9.17, 15) is 0 Å². The third-order valence-corrected chi connectivity index (χ3v) is 4.43. The second kappa shape index (κ2) is 10.5. The predicted octanol–water partition coefficient (Wildman–Crippen LogP) is 5.12. The Morgan fingerprint density at radius 1 is 1.27 bits per heavy atom. The number of aryl methyl sites for hydroxylation is 1. The van der Waals surface area contributed by atoms with Gasteiger partial charge in [0, 0.05) is 6.42 Å². The average Bonchev–Trinajstić information content (AvgIpc) is 2.97. The number of hydrogen-bond acceptors (Lipinski definition) is 5. The molecular formula is C18H25BrN4O2S. The molecule has 0 amide bonds. The Bertz CT molecular complexity index is 801. The molecule has 0 atom stereocenters. The van der Waals surface area contributed by atoms with E-state index < -0.39 is 0 Å². The molecule has 2 aromatic rings. The molecule has 142 valence electrons. The number of halogens is 1. The number of H-pyrrole nitrogens is 1. The standard InChI is InChI=1S/C18H25BrN4O2S/c1-4-7-8-16-21-22-18(26)23(16)20-12-13-10-14(19)17(25-9-5-2)15(11-13)24-6-3/h10-12H,4-9H2,1-3H3,(H,22,26)/b20-12-. The number of aromatic nitrogens is 3. The van der Waals surface area contributed by atoms with Crippen molar-refractivity contribution in [1.82, 2.24) is 14.9 Å². The number of unbranched alkanes of at least 4 members (excludes halogenated alkanes) is 1. The minimum atomic E-state index is 0.486. The maximum Gasteiger partial charge on any atom is 0.216 e. The summed E-state index contributed by atoms with van der Waals surface area (Å²) < 4.78 is 14.5. The molecule has 1 aromatic heterocycles. The zero-order valence-corrected chi connectivity index (χ0v) is 17.8.